The van der Waals surface area contributed by atoms with E-state index in [9.17, 15) is 4.79 Å². The summed E-state index contributed by atoms with van der Waals surface area (Å²) in [6, 6.07) is 0. The van der Waals surface area contributed by atoms with Crippen molar-refractivity contribution >= 4 is 29.2 Å². The third-order valence-electron chi connectivity index (χ3n) is 1.85. The minimum atomic E-state index is -0.957. The maximum absolute atomic E-state index is 11.1. The molecule has 0 atom stereocenters. The fourth-order valence-corrected chi connectivity index (χ4v) is 1.63. The fraction of sp³-hybridized carbons (Fsp3) is 0.900. The number of rotatable bonds is 7. The first-order valence-electron chi connectivity index (χ1n) is 5.05. The zero-order valence-corrected chi connectivity index (χ0v) is 10.3. The van der Waals surface area contributed by atoms with Crippen LogP contribution >= 0.6 is 23.2 Å². The van der Waals surface area contributed by atoms with Crippen molar-refractivity contribution in [2.45, 2.75) is 50.3 Å². The average Bonchev–Trinajstić information content (AvgIpc) is 2.03. The van der Waals surface area contributed by atoms with E-state index in [1.807, 2.05) is 0 Å². The van der Waals surface area contributed by atoms with Crippen LogP contribution in [0.1, 0.15) is 46.0 Å². The second-order valence-corrected chi connectivity index (χ2v) is 4.94. The van der Waals surface area contributed by atoms with Crippen molar-refractivity contribution in [1.29, 1.82) is 0 Å². The molecule has 14 heavy (non-hydrogen) atoms. The predicted molar refractivity (Wildman–Crippen MR) is 59.8 cm³/mol. The summed E-state index contributed by atoms with van der Waals surface area (Å²) in [5.41, 5.74) is 0. The van der Waals surface area contributed by atoms with Gasteiger partial charge in [0, 0.05) is 0 Å². The standard InChI is InChI=1S/C10H18Cl2O2/c1-3-5-6-7-10(11,12)8-9(13)14-4-2/h3-8H2,1-2H3. The largest absolute Gasteiger partial charge is 0.466 e. The molecule has 0 N–H and O–H groups in total. The Morgan fingerprint density at radius 1 is 1.29 bits per heavy atom. The number of carbonyl (C=O) groups is 1. The summed E-state index contributed by atoms with van der Waals surface area (Å²) in [5, 5.41) is 0. The third-order valence-corrected chi connectivity index (χ3v) is 2.50. The van der Waals surface area contributed by atoms with E-state index in [4.69, 9.17) is 27.9 Å². The van der Waals surface area contributed by atoms with Crippen LogP contribution in [0, 0.1) is 0 Å². The Balaban J connectivity index is 3.75. The maximum Gasteiger partial charge on any atom is 0.308 e. The molecule has 4 heteroatoms. The van der Waals surface area contributed by atoms with Crippen molar-refractivity contribution in [3.63, 3.8) is 0 Å². The van der Waals surface area contributed by atoms with E-state index in [-0.39, 0.29) is 12.4 Å². The van der Waals surface area contributed by atoms with Crippen LogP contribution in [0.2, 0.25) is 0 Å². The number of alkyl halides is 2. The van der Waals surface area contributed by atoms with Gasteiger partial charge >= 0.3 is 5.97 Å². The van der Waals surface area contributed by atoms with Crippen LogP contribution in [0.5, 0.6) is 0 Å². The van der Waals surface area contributed by atoms with E-state index in [2.05, 4.69) is 6.92 Å². The van der Waals surface area contributed by atoms with Crippen molar-refractivity contribution < 1.29 is 9.53 Å². The summed E-state index contributed by atoms with van der Waals surface area (Å²) in [4.78, 5) is 11.1. The highest BCUT2D eigenvalue weighted by atomic mass is 35.5. The molecule has 84 valence electrons. The highest BCUT2D eigenvalue weighted by molar-refractivity contribution is 6.49. The molecular weight excluding hydrogens is 223 g/mol. The van der Waals surface area contributed by atoms with Crippen molar-refractivity contribution in [1.82, 2.24) is 0 Å². The molecule has 0 aromatic rings. The molecule has 0 rings (SSSR count). The first kappa shape index (κ1) is 14.1. The molecule has 2 nitrogen and oxygen atoms in total. The van der Waals surface area contributed by atoms with E-state index in [0.29, 0.717) is 13.0 Å². The third kappa shape index (κ3) is 7.45. The molecule has 0 saturated carbocycles. The fourth-order valence-electron chi connectivity index (χ4n) is 1.15. The van der Waals surface area contributed by atoms with Crippen LogP contribution in [0.3, 0.4) is 0 Å². The summed E-state index contributed by atoms with van der Waals surface area (Å²) in [7, 11) is 0. The van der Waals surface area contributed by atoms with Gasteiger partial charge in [0.05, 0.1) is 13.0 Å². The van der Waals surface area contributed by atoms with Crippen LogP contribution < -0.4 is 0 Å². The van der Waals surface area contributed by atoms with Gasteiger partial charge in [0.25, 0.3) is 0 Å². The Labute approximate surface area is 95.9 Å². The van der Waals surface area contributed by atoms with Gasteiger partial charge in [-0.25, -0.2) is 0 Å². The SMILES string of the molecule is CCCCCC(Cl)(Cl)CC(=O)OCC. The number of hydrogen-bond acceptors (Lipinski definition) is 2. The second-order valence-electron chi connectivity index (χ2n) is 3.29. The van der Waals surface area contributed by atoms with Gasteiger partial charge in [-0.1, -0.05) is 26.2 Å². The number of ether oxygens (including phenoxy) is 1. The number of carbonyl (C=O) groups excluding carboxylic acids is 1. The van der Waals surface area contributed by atoms with E-state index in [1.54, 1.807) is 6.92 Å². The van der Waals surface area contributed by atoms with Crippen molar-refractivity contribution in [3.8, 4) is 0 Å². The van der Waals surface area contributed by atoms with E-state index < -0.39 is 4.33 Å². The summed E-state index contributed by atoms with van der Waals surface area (Å²) in [5.74, 6) is -0.325. The summed E-state index contributed by atoms with van der Waals surface area (Å²) < 4.78 is 3.82. The topological polar surface area (TPSA) is 26.3 Å². The van der Waals surface area contributed by atoms with Crippen LogP contribution in [-0.4, -0.2) is 16.9 Å². The Bertz CT molecular complexity index is 170. The highest BCUT2D eigenvalue weighted by Gasteiger charge is 2.27. The number of hydrogen-bond donors (Lipinski definition) is 0. The number of esters is 1. The van der Waals surface area contributed by atoms with Gasteiger partial charge < -0.3 is 4.74 Å². The molecule has 0 unspecified atom stereocenters. The lowest BCUT2D eigenvalue weighted by Crippen LogP contribution is -2.20. The molecular formula is C10H18Cl2O2. The van der Waals surface area contributed by atoms with Crippen molar-refractivity contribution in [2.75, 3.05) is 6.61 Å². The molecule has 0 bridgehead atoms. The summed E-state index contributed by atoms with van der Waals surface area (Å²) >= 11 is 11.9. The number of unbranched alkanes of at least 4 members (excludes halogenated alkanes) is 2. The first-order valence-corrected chi connectivity index (χ1v) is 5.81. The van der Waals surface area contributed by atoms with Crippen LogP contribution in [0.15, 0.2) is 0 Å². The molecule has 0 aromatic carbocycles. The zero-order valence-electron chi connectivity index (χ0n) is 8.82. The Morgan fingerprint density at radius 2 is 1.93 bits per heavy atom. The first-order chi connectivity index (χ1) is 6.52. The van der Waals surface area contributed by atoms with Crippen LogP contribution in [0.4, 0.5) is 0 Å². The van der Waals surface area contributed by atoms with E-state index in [1.165, 1.54) is 0 Å². The lowest BCUT2D eigenvalue weighted by Gasteiger charge is -2.17. The van der Waals surface area contributed by atoms with Gasteiger partial charge in [-0.05, 0) is 13.3 Å². The van der Waals surface area contributed by atoms with Gasteiger partial charge in [0.1, 0.15) is 4.33 Å². The Kier molecular flexibility index (Phi) is 7.38. The quantitative estimate of drug-likeness (QED) is 0.386. The molecule has 0 radical (unpaired) electrons. The average molecular weight is 241 g/mol. The zero-order chi connectivity index (χ0) is 11.0. The van der Waals surface area contributed by atoms with E-state index in [0.717, 1.165) is 19.3 Å². The van der Waals surface area contributed by atoms with Gasteiger partial charge in [-0.15, -0.1) is 23.2 Å². The monoisotopic (exact) mass is 240 g/mol. The highest BCUT2D eigenvalue weighted by Crippen LogP contribution is 2.31. The molecule has 0 aromatic heterocycles. The predicted octanol–water partition coefficient (Wildman–Crippen LogP) is 3.69. The van der Waals surface area contributed by atoms with Crippen LogP contribution in [-0.2, 0) is 9.53 Å². The maximum atomic E-state index is 11.1. The minimum Gasteiger partial charge on any atom is -0.466 e. The van der Waals surface area contributed by atoms with Crippen molar-refractivity contribution in [2.24, 2.45) is 0 Å². The molecule has 0 saturated heterocycles. The molecule has 0 spiro atoms. The van der Waals surface area contributed by atoms with Gasteiger partial charge in [0.2, 0.25) is 0 Å². The lowest BCUT2D eigenvalue weighted by atomic mass is 10.1. The lowest BCUT2D eigenvalue weighted by molar-refractivity contribution is -0.143. The van der Waals surface area contributed by atoms with Gasteiger partial charge in [-0.3, -0.25) is 4.79 Å². The normalized spacial score (nSPS) is 11.4. The summed E-state index contributed by atoms with van der Waals surface area (Å²) in [6.07, 6.45) is 3.87. The molecule has 0 aliphatic carbocycles. The number of halogens is 2. The Hall–Kier alpha value is 0.0500. The second kappa shape index (κ2) is 7.36. The van der Waals surface area contributed by atoms with Gasteiger partial charge in [-0.2, -0.15) is 0 Å². The molecule has 0 fully saturated rings. The molecule has 0 heterocycles. The van der Waals surface area contributed by atoms with E-state index >= 15 is 0 Å². The minimum absolute atomic E-state index is 0.0770. The molecule has 0 aliphatic heterocycles. The van der Waals surface area contributed by atoms with Gasteiger partial charge in [0.15, 0.2) is 0 Å². The molecule has 0 aliphatic rings. The van der Waals surface area contributed by atoms with Crippen molar-refractivity contribution in [3.05, 3.63) is 0 Å². The smallest absolute Gasteiger partial charge is 0.308 e. The Morgan fingerprint density at radius 3 is 2.43 bits per heavy atom. The van der Waals surface area contributed by atoms with Crippen LogP contribution in [0.25, 0.3) is 0 Å². The molecule has 0 amide bonds. The summed E-state index contributed by atoms with van der Waals surface area (Å²) in [6.45, 7) is 4.24.